The van der Waals surface area contributed by atoms with E-state index < -0.39 is 10.0 Å². The van der Waals surface area contributed by atoms with Crippen molar-refractivity contribution in [1.29, 1.82) is 0 Å². The van der Waals surface area contributed by atoms with Gasteiger partial charge in [0.25, 0.3) is 0 Å². The summed E-state index contributed by atoms with van der Waals surface area (Å²) >= 11 is 0. The van der Waals surface area contributed by atoms with Crippen LogP contribution in [0.4, 0.5) is 0 Å². The number of nitrogens with one attached hydrogen (secondary N) is 2. The van der Waals surface area contributed by atoms with Gasteiger partial charge in [0.1, 0.15) is 5.65 Å². The van der Waals surface area contributed by atoms with Gasteiger partial charge in [0.2, 0.25) is 10.0 Å². The van der Waals surface area contributed by atoms with Crippen LogP contribution in [0.3, 0.4) is 0 Å². The van der Waals surface area contributed by atoms with Crippen molar-refractivity contribution in [1.82, 2.24) is 23.8 Å². The highest BCUT2D eigenvalue weighted by atomic mass is 32.2. The van der Waals surface area contributed by atoms with Crippen LogP contribution in [0.2, 0.25) is 0 Å². The van der Waals surface area contributed by atoms with E-state index in [1.807, 2.05) is 6.07 Å². The summed E-state index contributed by atoms with van der Waals surface area (Å²) in [7, 11) is -3.24. The third-order valence-electron chi connectivity index (χ3n) is 4.22. The van der Waals surface area contributed by atoms with Crippen molar-refractivity contribution in [2.45, 2.75) is 12.5 Å². The predicted molar refractivity (Wildman–Crippen MR) is 82.3 cm³/mol. The molecule has 4 rings (SSSR count). The zero-order valence-corrected chi connectivity index (χ0v) is 12.7. The molecule has 1 atom stereocenters. The van der Waals surface area contributed by atoms with E-state index >= 15 is 0 Å². The van der Waals surface area contributed by atoms with E-state index in [9.17, 15) is 13.2 Å². The van der Waals surface area contributed by atoms with Crippen molar-refractivity contribution >= 4 is 32.1 Å². The molecule has 9 heteroatoms. The van der Waals surface area contributed by atoms with Crippen LogP contribution >= 0.6 is 0 Å². The van der Waals surface area contributed by atoms with E-state index in [1.54, 1.807) is 17.0 Å². The van der Waals surface area contributed by atoms with Gasteiger partial charge in [-0.25, -0.2) is 22.5 Å². The van der Waals surface area contributed by atoms with Gasteiger partial charge < -0.3 is 9.97 Å². The number of nitrogens with zero attached hydrogens (tertiary/aromatic N) is 3. The van der Waals surface area contributed by atoms with E-state index in [4.69, 9.17) is 0 Å². The molecule has 0 bridgehead atoms. The lowest BCUT2D eigenvalue weighted by atomic mass is 10.2. The molecule has 22 heavy (non-hydrogen) atoms. The minimum absolute atomic E-state index is 0.170. The number of hydrogen-bond acceptors (Lipinski definition) is 4. The normalized spacial score (nSPS) is 20.3. The number of H-pyrrole nitrogens is 2. The third-order valence-corrected chi connectivity index (χ3v) is 5.49. The van der Waals surface area contributed by atoms with Gasteiger partial charge in [0.15, 0.2) is 0 Å². The minimum Gasteiger partial charge on any atom is -0.346 e. The number of imidazole rings is 1. The summed E-state index contributed by atoms with van der Waals surface area (Å²) in [6, 6.07) is 1.70. The first-order chi connectivity index (χ1) is 10.4. The summed E-state index contributed by atoms with van der Waals surface area (Å²) in [4.78, 5) is 22.4. The number of aromatic nitrogens is 4. The van der Waals surface area contributed by atoms with Crippen molar-refractivity contribution in [3.63, 3.8) is 0 Å². The molecule has 1 fully saturated rings. The van der Waals surface area contributed by atoms with Crippen molar-refractivity contribution in [2.75, 3.05) is 19.3 Å². The Hall–Kier alpha value is -2.13. The molecule has 0 amide bonds. The molecule has 3 aromatic rings. The summed E-state index contributed by atoms with van der Waals surface area (Å²) in [5.41, 5.74) is 1.91. The second-order valence-electron chi connectivity index (χ2n) is 5.62. The molecule has 0 aromatic carbocycles. The van der Waals surface area contributed by atoms with Crippen LogP contribution in [0.5, 0.6) is 0 Å². The molecule has 0 saturated carbocycles. The fourth-order valence-electron chi connectivity index (χ4n) is 3.19. The number of fused-ring (bicyclic) bond motifs is 3. The van der Waals surface area contributed by atoms with Gasteiger partial charge >= 0.3 is 5.69 Å². The van der Waals surface area contributed by atoms with Crippen LogP contribution in [0.1, 0.15) is 12.5 Å². The largest absolute Gasteiger partial charge is 0.346 e. The van der Waals surface area contributed by atoms with Gasteiger partial charge in [-0.15, -0.1) is 0 Å². The van der Waals surface area contributed by atoms with Gasteiger partial charge in [-0.2, -0.15) is 0 Å². The smallest absolute Gasteiger partial charge is 0.326 e. The monoisotopic (exact) mass is 321 g/mol. The van der Waals surface area contributed by atoms with E-state index in [-0.39, 0.29) is 11.7 Å². The molecule has 2 N–H and O–H groups in total. The lowest BCUT2D eigenvalue weighted by molar-refractivity contribution is 0.456. The minimum atomic E-state index is -3.24. The lowest BCUT2D eigenvalue weighted by Gasteiger charge is -2.14. The summed E-state index contributed by atoms with van der Waals surface area (Å²) in [6.45, 7) is 0.754. The Kier molecular flexibility index (Phi) is 2.73. The van der Waals surface area contributed by atoms with Crippen LogP contribution < -0.4 is 5.69 Å². The molecule has 3 aromatic heterocycles. The Bertz CT molecular complexity index is 1030. The molecule has 4 heterocycles. The zero-order valence-electron chi connectivity index (χ0n) is 11.9. The van der Waals surface area contributed by atoms with E-state index in [0.717, 1.165) is 10.9 Å². The SMILES string of the molecule is CS(=O)(=O)N1CC[C@@H](n2c(=O)[nH]c3cnc4[nH]ccc4c32)C1. The van der Waals surface area contributed by atoms with Crippen molar-refractivity contribution < 1.29 is 8.42 Å². The molecule has 1 aliphatic rings. The quantitative estimate of drug-likeness (QED) is 0.713. The van der Waals surface area contributed by atoms with E-state index in [0.29, 0.717) is 30.7 Å². The average Bonchev–Trinajstić information content (AvgIpc) is 3.12. The molecule has 0 unspecified atom stereocenters. The van der Waals surface area contributed by atoms with Crippen LogP contribution in [-0.4, -0.2) is 51.6 Å². The zero-order chi connectivity index (χ0) is 15.5. The molecule has 8 nitrogen and oxygen atoms in total. The van der Waals surface area contributed by atoms with Crippen LogP contribution in [0.25, 0.3) is 22.1 Å². The maximum Gasteiger partial charge on any atom is 0.326 e. The summed E-state index contributed by atoms with van der Waals surface area (Å²) < 4.78 is 26.4. The Morgan fingerprint density at radius 3 is 2.95 bits per heavy atom. The highest BCUT2D eigenvalue weighted by molar-refractivity contribution is 7.88. The molecule has 0 spiro atoms. The Balaban J connectivity index is 1.90. The van der Waals surface area contributed by atoms with Gasteiger partial charge in [-0.1, -0.05) is 0 Å². The first kappa shape index (κ1) is 13.5. The number of aromatic amines is 2. The van der Waals surface area contributed by atoms with Crippen LogP contribution in [0, 0.1) is 0 Å². The highest BCUT2D eigenvalue weighted by Gasteiger charge is 2.31. The molecule has 1 saturated heterocycles. The maximum absolute atomic E-state index is 12.3. The summed E-state index contributed by atoms with van der Waals surface area (Å²) in [5.74, 6) is 0. The second-order valence-corrected chi connectivity index (χ2v) is 7.61. The molecule has 116 valence electrons. The fourth-order valence-corrected chi connectivity index (χ4v) is 4.07. The molecule has 0 radical (unpaired) electrons. The highest BCUT2D eigenvalue weighted by Crippen LogP contribution is 2.28. The molecular formula is C13H15N5O3S. The summed E-state index contributed by atoms with van der Waals surface area (Å²) in [6.07, 6.45) is 5.21. The van der Waals surface area contributed by atoms with Gasteiger partial charge in [-0.3, -0.25) is 4.57 Å². The number of hydrogen-bond donors (Lipinski definition) is 2. The van der Waals surface area contributed by atoms with E-state index in [2.05, 4.69) is 15.0 Å². The van der Waals surface area contributed by atoms with Crippen LogP contribution in [0.15, 0.2) is 23.3 Å². The Labute approximate surface area is 125 Å². The first-order valence-corrected chi connectivity index (χ1v) is 8.81. The average molecular weight is 321 g/mol. The predicted octanol–water partition coefficient (Wildman–Crippen LogP) is 0.412. The molecule has 0 aliphatic carbocycles. The molecular weight excluding hydrogens is 306 g/mol. The van der Waals surface area contributed by atoms with Crippen molar-refractivity contribution in [3.05, 3.63) is 28.9 Å². The van der Waals surface area contributed by atoms with Crippen molar-refractivity contribution in [2.24, 2.45) is 0 Å². The summed E-state index contributed by atoms with van der Waals surface area (Å²) in [5, 5.41) is 0.855. The molecule has 1 aliphatic heterocycles. The maximum atomic E-state index is 12.3. The third kappa shape index (κ3) is 1.89. The number of rotatable bonds is 2. The number of sulfonamides is 1. The van der Waals surface area contributed by atoms with Crippen molar-refractivity contribution in [3.8, 4) is 0 Å². The lowest BCUT2D eigenvalue weighted by Crippen LogP contribution is -2.30. The van der Waals surface area contributed by atoms with E-state index in [1.165, 1.54) is 10.6 Å². The number of pyridine rings is 1. The topological polar surface area (TPSA) is 104 Å². The van der Waals surface area contributed by atoms with Gasteiger partial charge in [-0.05, 0) is 12.5 Å². The van der Waals surface area contributed by atoms with Gasteiger partial charge in [0, 0.05) is 24.7 Å². The Morgan fingerprint density at radius 2 is 2.23 bits per heavy atom. The Morgan fingerprint density at radius 1 is 1.41 bits per heavy atom. The van der Waals surface area contributed by atoms with Gasteiger partial charge in [0.05, 0.1) is 29.5 Å². The second kappa shape index (κ2) is 4.43. The first-order valence-electron chi connectivity index (χ1n) is 6.96. The standard InChI is InChI=1S/C13H15N5O3S/c1-22(20,21)17-5-3-8(7-17)18-11-9-2-4-14-12(9)15-6-10(11)16-13(18)19/h2,4,6,8H,3,5,7H2,1H3,(H,14,15)(H,16,19)/t8-/m1/s1. The fraction of sp³-hybridized carbons (Fsp3) is 0.385. The van der Waals surface area contributed by atoms with Crippen LogP contribution in [-0.2, 0) is 10.0 Å².